The molecule has 0 atom stereocenters. The summed E-state index contributed by atoms with van der Waals surface area (Å²) in [7, 11) is 0. The third-order valence-electron chi connectivity index (χ3n) is 2.83. The van der Waals surface area contributed by atoms with Crippen molar-refractivity contribution < 1.29 is 0 Å². The Morgan fingerprint density at radius 3 is 2.94 bits per heavy atom. The average molecular weight is 244 g/mol. The summed E-state index contributed by atoms with van der Waals surface area (Å²) in [6, 6.07) is 6.21. The maximum Gasteiger partial charge on any atom is 0.125 e. The molecule has 2 rings (SSSR count). The summed E-state index contributed by atoms with van der Waals surface area (Å²) in [6.07, 6.45) is 5.10. The normalized spacial score (nSPS) is 10.8. The molecule has 1 N–H and O–H groups in total. The van der Waals surface area contributed by atoms with E-state index in [1.165, 1.54) is 5.69 Å². The molecule has 0 aromatic carbocycles. The lowest BCUT2D eigenvalue weighted by atomic mass is 10.3. The first-order valence-electron chi connectivity index (χ1n) is 6.43. The van der Waals surface area contributed by atoms with Crippen LogP contribution in [0, 0.1) is 6.92 Å². The van der Waals surface area contributed by atoms with Gasteiger partial charge in [0.15, 0.2) is 0 Å². The maximum atomic E-state index is 4.37. The third-order valence-corrected chi connectivity index (χ3v) is 2.83. The standard InChI is InChI=1S/C14H20N4/c1-3-8-18-9-4-5-14(18)11-15-10-13-6-7-16-12(2)17-13/h4-7,9,15H,3,8,10-11H2,1-2H3. The minimum Gasteiger partial charge on any atom is -0.350 e. The molecule has 2 aromatic rings. The Kier molecular flexibility index (Phi) is 4.47. The van der Waals surface area contributed by atoms with Gasteiger partial charge in [0.05, 0.1) is 5.69 Å². The van der Waals surface area contributed by atoms with Crippen LogP contribution in [0.5, 0.6) is 0 Å². The fourth-order valence-electron chi connectivity index (χ4n) is 1.99. The van der Waals surface area contributed by atoms with Crippen molar-refractivity contribution in [1.82, 2.24) is 19.9 Å². The second kappa shape index (κ2) is 6.31. The zero-order chi connectivity index (χ0) is 12.8. The Morgan fingerprint density at radius 1 is 1.28 bits per heavy atom. The van der Waals surface area contributed by atoms with E-state index in [0.717, 1.165) is 37.6 Å². The van der Waals surface area contributed by atoms with Gasteiger partial charge in [-0.15, -0.1) is 0 Å². The van der Waals surface area contributed by atoms with Crippen molar-refractivity contribution in [1.29, 1.82) is 0 Å². The molecule has 0 spiro atoms. The molecule has 0 unspecified atom stereocenters. The predicted molar refractivity (Wildman–Crippen MR) is 72.0 cm³/mol. The van der Waals surface area contributed by atoms with Crippen molar-refractivity contribution in [2.75, 3.05) is 0 Å². The van der Waals surface area contributed by atoms with Crippen LogP contribution in [0.15, 0.2) is 30.6 Å². The fourth-order valence-corrected chi connectivity index (χ4v) is 1.99. The van der Waals surface area contributed by atoms with E-state index in [1.54, 1.807) is 6.20 Å². The largest absolute Gasteiger partial charge is 0.350 e. The number of aromatic nitrogens is 3. The van der Waals surface area contributed by atoms with E-state index in [9.17, 15) is 0 Å². The number of hydrogen-bond acceptors (Lipinski definition) is 3. The van der Waals surface area contributed by atoms with Gasteiger partial charge in [-0.3, -0.25) is 0 Å². The molecular weight excluding hydrogens is 224 g/mol. The van der Waals surface area contributed by atoms with E-state index < -0.39 is 0 Å². The SMILES string of the molecule is CCCn1cccc1CNCc1ccnc(C)n1. The summed E-state index contributed by atoms with van der Waals surface area (Å²) in [4.78, 5) is 8.46. The second-order valence-corrected chi connectivity index (χ2v) is 4.39. The van der Waals surface area contributed by atoms with E-state index in [-0.39, 0.29) is 0 Å². The molecule has 2 aromatic heterocycles. The van der Waals surface area contributed by atoms with Crippen molar-refractivity contribution >= 4 is 0 Å². The lowest BCUT2D eigenvalue weighted by Crippen LogP contribution is -2.16. The molecule has 0 saturated heterocycles. The van der Waals surface area contributed by atoms with Gasteiger partial charge in [-0.05, 0) is 31.5 Å². The van der Waals surface area contributed by atoms with Gasteiger partial charge in [-0.1, -0.05) is 6.92 Å². The van der Waals surface area contributed by atoms with Crippen LogP contribution in [0.1, 0.15) is 30.6 Å². The van der Waals surface area contributed by atoms with Crippen LogP contribution in [0.25, 0.3) is 0 Å². The highest BCUT2D eigenvalue weighted by atomic mass is 15.0. The van der Waals surface area contributed by atoms with Crippen LogP contribution in [-0.4, -0.2) is 14.5 Å². The highest BCUT2D eigenvalue weighted by Gasteiger charge is 2.00. The molecule has 0 fully saturated rings. The van der Waals surface area contributed by atoms with Gasteiger partial charge in [-0.25, -0.2) is 9.97 Å². The summed E-state index contributed by atoms with van der Waals surface area (Å²) >= 11 is 0. The average Bonchev–Trinajstić information content (AvgIpc) is 2.78. The molecule has 4 nitrogen and oxygen atoms in total. The molecule has 2 heterocycles. The van der Waals surface area contributed by atoms with E-state index in [4.69, 9.17) is 0 Å². The number of hydrogen-bond donors (Lipinski definition) is 1. The number of nitrogens with zero attached hydrogens (tertiary/aromatic N) is 3. The molecule has 0 aliphatic heterocycles. The lowest BCUT2D eigenvalue weighted by molar-refractivity contribution is 0.597. The number of nitrogens with one attached hydrogen (secondary N) is 1. The molecule has 0 radical (unpaired) electrons. The zero-order valence-electron chi connectivity index (χ0n) is 11.1. The first-order chi connectivity index (χ1) is 8.79. The van der Waals surface area contributed by atoms with Gasteiger partial charge >= 0.3 is 0 Å². The number of aryl methyl sites for hydroxylation is 2. The first kappa shape index (κ1) is 12.8. The fraction of sp³-hybridized carbons (Fsp3) is 0.429. The van der Waals surface area contributed by atoms with E-state index in [0.29, 0.717) is 0 Å². The van der Waals surface area contributed by atoms with Crippen LogP contribution >= 0.6 is 0 Å². The molecule has 0 aliphatic rings. The molecule has 0 saturated carbocycles. The van der Waals surface area contributed by atoms with Crippen LogP contribution in [0.3, 0.4) is 0 Å². The lowest BCUT2D eigenvalue weighted by Gasteiger charge is -2.09. The van der Waals surface area contributed by atoms with E-state index >= 15 is 0 Å². The van der Waals surface area contributed by atoms with Crippen LogP contribution in [0.2, 0.25) is 0 Å². The maximum absolute atomic E-state index is 4.37. The van der Waals surface area contributed by atoms with Gasteiger partial charge < -0.3 is 9.88 Å². The summed E-state index contributed by atoms with van der Waals surface area (Å²) in [6.45, 7) is 6.84. The Balaban J connectivity index is 1.86. The second-order valence-electron chi connectivity index (χ2n) is 4.39. The monoisotopic (exact) mass is 244 g/mol. The predicted octanol–water partition coefficient (Wildman–Crippen LogP) is 2.29. The quantitative estimate of drug-likeness (QED) is 0.847. The smallest absolute Gasteiger partial charge is 0.125 e. The zero-order valence-corrected chi connectivity index (χ0v) is 11.1. The Morgan fingerprint density at radius 2 is 2.17 bits per heavy atom. The minimum atomic E-state index is 0.778. The molecule has 0 aliphatic carbocycles. The summed E-state index contributed by atoms with van der Waals surface area (Å²) < 4.78 is 2.29. The van der Waals surface area contributed by atoms with Crippen molar-refractivity contribution in [2.24, 2.45) is 0 Å². The van der Waals surface area contributed by atoms with Crippen molar-refractivity contribution in [3.8, 4) is 0 Å². The van der Waals surface area contributed by atoms with Crippen LogP contribution in [0.4, 0.5) is 0 Å². The number of rotatable bonds is 6. The highest BCUT2D eigenvalue weighted by Crippen LogP contribution is 2.04. The summed E-state index contributed by atoms with van der Waals surface area (Å²) in [5, 5.41) is 3.42. The van der Waals surface area contributed by atoms with Gasteiger partial charge in [0.25, 0.3) is 0 Å². The van der Waals surface area contributed by atoms with Gasteiger partial charge in [0, 0.05) is 37.7 Å². The van der Waals surface area contributed by atoms with Crippen molar-refractivity contribution in [3.05, 3.63) is 47.8 Å². The van der Waals surface area contributed by atoms with E-state index in [2.05, 4.69) is 45.1 Å². The molecule has 18 heavy (non-hydrogen) atoms. The molecule has 0 amide bonds. The van der Waals surface area contributed by atoms with E-state index in [1.807, 2.05) is 13.0 Å². The molecule has 0 bridgehead atoms. The van der Waals surface area contributed by atoms with Crippen LogP contribution < -0.4 is 5.32 Å². The first-order valence-corrected chi connectivity index (χ1v) is 6.43. The van der Waals surface area contributed by atoms with Gasteiger partial charge in [-0.2, -0.15) is 0 Å². The molecule has 96 valence electrons. The van der Waals surface area contributed by atoms with Gasteiger partial charge in [0.1, 0.15) is 5.82 Å². The summed E-state index contributed by atoms with van der Waals surface area (Å²) in [5.74, 6) is 0.823. The third kappa shape index (κ3) is 3.40. The topological polar surface area (TPSA) is 42.7 Å². The Bertz CT molecular complexity index is 490. The Labute approximate surface area is 108 Å². The molecule has 4 heteroatoms. The van der Waals surface area contributed by atoms with Gasteiger partial charge in [0.2, 0.25) is 0 Å². The highest BCUT2D eigenvalue weighted by molar-refractivity contribution is 5.07. The van der Waals surface area contributed by atoms with Crippen molar-refractivity contribution in [3.63, 3.8) is 0 Å². The Hall–Kier alpha value is -1.68. The van der Waals surface area contributed by atoms with Crippen molar-refractivity contribution in [2.45, 2.75) is 39.9 Å². The summed E-state index contributed by atoms with van der Waals surface area (Å²) in [5.41, 5.74) is 2.36. The molecular formula is C14H20N4. The van der Waals surface area contributed by atoms with Crippen LogP contribution in [-0.2, 0) is 19.6 Å². The minimum absolute atomic E-state index is 0.778.